The molecular formula is C15H21N3. The molecule has 1 heterocycles. The van der Waals surface area contributed by atoms with Gasteiger partial charge in [0.25, 0.3) is 0 Å². The number of rotatable bonds is 1. The number of hydrogen-bond acceptors (Lipinski definition) is 2. The minimum atomic E-state index is 0.620. The van der Waals surface area contributed by atoms with Gasteiger partial charge >= 0.3 is 0 Å². The van der Waals surface area contributed by atoms with Crippen molar-refractivity contribution in [2.45, 2.75) is 45.6 Å². The van der Waals surface area contributed by atoms with Crippen molar-refractivity contribution in [3.05, 3.63) is 24.0 Å². The average Bonchev–Trinajstić information content (AvgIpc) is 2.65. The minimum absolute atomic E-state index is 0.620. The van der Waals surface area contributed by atoms with E-state index in [-0.39, 0.29) is 0 Å². The van der Waals surface area contributed by atoms with E-state index in [4.69, 9.17) is 5.73 Å². The quantitative estimate of drug-likeness (QED) is 0.776. The Kier molecular flexibility index (Phi) is 2.77. The Morgan fingerprint density at radius 3 is 2.67 bits per heavy atom. The Morgan fingerprint density at radius 1 is 1.22 bits per heavy atom. The van der Waals surface area contributed by atoms with Gasteiger partial charge in [-0.25, -0.2) is 4.98 Å². The lowest BCUT2D eigenvalue weighted by Crippen LogP contribution is -2.17. The number of aryl methyl sites for hydroxylation is 1. The normalized spacial score (nSPS) is 24.6. The van der Waals surface area contributed by atoms with Gasteiger partial charge in [-0.1, -0.05) is 6.92 Å². The Hall–Kier alpha value is -1.51. The second-order valence-corrected chi connectivity index (χ2v) is 5.69. The molecule has 96 valence electrons. The van der Waals surface area contributed by atoms with Crippen LogP contribution in [-0.2, 0) is 0 Å². The molecule has 3 heteroatoms. The molecule has 0 bridgehead atoms. The lowest BCUT2D eigenvalue weighted by Gasteiger charge is -2.28. The second-order valence-electron chi connectivity index (χ2n) is 5.69. The maximum absolute atomic E-state index is 5.83. The van der Waals surface area contributed by atoms with Gasteiger partial charge in [0.1, 0.15) is 5.82 Å². The lowest BCUT2D eigenvalue weighted by molar-refractivity contribution is 0.291. The van der Waals surface area contributed by atoms with E-state index in [0.29, 0.717) is 6.04 Å². The van der Waals surface area contributed by atoms with Gasteiger partial charge in [0.15, 0.2) is 0 Å². The molecule has 18 heavy (non-hydrogen) atoms. The fraction of sp³-hybridized carbons (Fsp3) is 0.533. The van der Waals surface area contributed by atoms with Crippen LogP contribution < -0.4 is 5.73 Å². The third-order valence-corrected chi connectivity index (χ3v) is 4.24. The zero-order valence-electron chi connectivity index (χ0n) is 11.2. The number of aromatic nitrogens is 2. The first kappa shape index (κ1) is 11.6. The summed E-state index contributed by atoms with van der Waals surface area (Å²) < 4.78 is 2.42. The van der Waals surface area contributed by atoms with Crippen LogP contribution >= 0.6 is 0 Å². The highest BCUT2D eigenvalue weighted by Crippen LogP contribution is 2.35. The number of imidazole rings is 1. The summed E-state index contributed by atoms with van der Waals surface area (Å²) in [6.07, 6.45) is 5.22. The van der Waals surface area contributed by atoms with Gasteiger partial charge in [0.2, 0.25) is 0 Å². The molecule has 1 aromatic carbocycles. The van der Waals surface area contributed by atoms with Gasteiger partial charge in [0, 0.05) is 11.7 Å². The summed E-state index contributed by atoms with van der Waals surface area (Å²) in [4.78, 5) is 4.65. The highest BCUT2D eigenvalue weighted by atomic mass is 15.1. The van der Waals surface area contributed by atoms with Crippen LogP contribution in [0.25, 0.3) is 11.0 Å². The molecule has 0 saturated heterocycles. The largest absolute Gasteiger partial charge is 0.399 e. The number of benzene rings is 1. The van der Waals surface area contributed by atoms with Crippen molar-refractivity contribution in [3.63, 3.8) is 0 Å². The minimum Gasteiger partial charge on any atom is -0.399 e. The number of nitrogens with zero attached hydrogens (tertiary/aromatic N) is 2. The molecule has 0 aliphatic heterocycles. The van der Waals surface area contributed by atoms with Gasteiger partial charge in [-0.3, -0.25) is 0 Å². The maximum Gasteiger partial charge on any atom is 0.106 e. The van der Waals surface area contributed by atoms with Crippen molar-refractivity contribution < 1.29 is 0 Å². The molecule has 0 unspecified atom stereocenters. The number of nitrogens with two attached hydrogens (primary N) is 1. The summed E-state index contributed by atoms with van der Waals surface area (Å²) in [5, 5.41) is 0. The topological polar surface area (TPSA) is 43.8 Å². The number of nitrogen functional groups attached to an aromatic ring is 1. The van der Waals surface area contributed by atoms with E-state index in [2.05, 4.69) is 29.5 Å². The van der Waals surface area contributed by atoms with E-state index in [9.17, 15) is 0 Å². The molecule has 1 aromatic heterocycles. The highest BCUT2D eigenvalue weighted by molar-refractivity contribution is 5.79. The fourth-order valence-corrected chi connectivity index (χ4v) is 3.20. The van der Waals surface area contributed by atoms with Crippen molar-refractivity contribution in [3.8, 4) is 0 Å². The molecule has 2 aromatic rings. The highest BCUT2D eigenvalue weighted by Gasteiger charge is 2.22. The number of hydrogen-bond donors (Lipinski definition) is 1. The first-order chi connectivity index (χ1) is 8.65. The number of fused-ring (bicyclic) bond motifs is 1. The average molecular weight is 243 g/mol. The molecule has 3 nitrogen and oxygen atoms in total. The van der Waals surface area contributed by atoms with E-state index in [1.807, 2.05) is 12.1 Å². The van der Waals surface area contributed by atoms with E-state index in [1.165, 1.54) is 31.2 Å². The maximum atomic E-state index is 5.83. The summed E-state index contributed by atoms with van der Waals surface area (Å²) in [5.74, 6) is 2.00. The van der Waals surface area contributed by atoms with Crippen LogP contribution in [0, 0.1) is 12.8 Å². The van der Waals surface area contributed by atoms with Gasteiger partial charge in [-0.15, -0.1) is 0 Å². The summed E-state index contributed by atoms with van der Waals surface area (Å²) in [5.41, 5.74) is 8.90. The summed E-state index contributed by atoms with van der Waals surface area (Å²) in [7, 11) is 0. The molecule has 3 rings (SSSR count). The third kappa shape index (κ3) is 1.88. The molecule has 1 aliphatic rings. The van der Waals surface area contributed by atoms with Crippen LogP contribution in [-0.4, -0.2) is 9.55 Å². The van der Waals surface area contributed by atoms with Crippen LogP contribution in [0.4, 0.5) is 5.69 Å². The van der Waals surface area contributed by atoms with Crippen LogP contribution in [0.15, 0.2) is 18.2 Å². The van der Waals surface area contributed by atoms with Gasteiger partial charge in [-0.05, 0) is 56.7 Å². The standard InChI is InChI=1S/C15H21N3/c1-10-3-6-13(7-4-10)18-11(2)17-14-9-12(16)5-8-15(14)18/h5,8-10,13H,3-4,6-7,16H2,1-2H3. The van der Waals surface area contributed by atoms with Crippen molar-refractivity contribution in [2.75, 3.05) is 5.73 Å². The summed E-state index contributed by atoms with van der Waals surface area (Å²) >= 11 is 0. The van der Waals surface area contributed by atoms with Gasteiger partial charge in [0.05, 0.1) is 11.0 Å². The first-order valence-corrected chi connectivity index (χ1v) is 6.89. The van der Waals surface area contributed by atoms with Crippen LogP contribution in [0.2, 0.25) is 0 Å². The molecule has 1 fully saturated rings. The lowest BCUT2D eigenvalue weighted by atomic mass is 9.87. The van der Waals surface area contributed by atoms with Crippen molar-refractivity contribution in [1.82, 2.24) is 9.55 Å². The van der Waals surface area contributed by atoms with Gasteiger partial charge in [-0.2, -0.15) is 0 Å². The molecule has 2 N–H and O–H groups in total. The van der Waals surface area contributed by atoms with Crippen LogP contribution in [0.3, 0.4) is 0 Å². The van der Waals surface area contributed by atoms with Crippen LogP contribution in [0.5, 0.6) is 0 Å². The zero-order chi connectivity index (χ0) is 12.7. The number of anilines is 1. The monoisotopic (exact) mass is 243 g/mol. The van der Waals surface area contributed by atoms with E-state index >= 15 is 0 Å². The Bertz CT molecular complexity index is 562. The van der Waals surface area contributed by atoms with Crippen molar-refractivity contribution >= 4 is 16.7 Å². The summed E-state index contributed by atoms with van der Waals surface area (Å²) in [6, 6.07) is 6.69. The van der Waals surface area contributed by atoms with Gasteiger partial charge < -0.3 is 10.3 Å². The predicted molar refractivity (Wildman–Crippen MR) is 75.6 cm³/mol. The fourth-order valence-electron chi connectivity index (χ4n) is 3.20. The zero-order valence-corrected chi connectivity index (χ0v) is 11.2. The molecule has 0 radical (unpaired) electrons. The third-order valence-electron chi connectivity index (χ3n) is 4.24. The molecular weight excluding hydrogens is 222 g/mol. The Labute approximate surface area is 108 Å². The Balaban J connectivity index is 2.03. The molecule has 1 aliphatic carbocycles. The predicted octanol–water partition coefficient (Wildman–Crippen LogP) is 3.68. The van der Waals surface area contributed by atoms with E-state index in [0.717, 1.165) is 22.9 Å². The Morgan fingerprint density at radius 2 is 1.94 bits per heavy atom. The van der Waals surface area contributed by atoms with E-state index in [1.54, 1.807) is 0 Å². The summed E-state index contributed by atoms with van der Waals surface area (Å²) in [6.45, 7) is 4.46. The van der Waals surface area contributed by atoms with Crippen molar-refractivity contribution in [2.24, 2.45) is 5.92 Å². The SMILES string of the molecule is Cc1nc2cc(N)ccc2n1C1CCC(C)CC1. The van der Waals surface area contributed by atoms with Crippen molar-refractivity contribution in [1.29, 1.82) is 0 Å². The molecule has 0 atom stereocenters. The smallest absolute Gasteiger partial charge is 0.106 e. The van der Waals surface area contributed by atoms with Crippen LogP contribution in [0.1, 0.15) is 44.5 Å². The second kappa shape index (κ2) is 4.30. The van der Waals surface area contributed by atoms with E-state index < -0.39 is 0 Å². The molecule has 0 spiro atoms. The molecule has 0 amide bonds. The molecule has 1 saturated carbocycles. The first-order valence-electron chi connectivity index (χ1n) is 6.89.